The van der Waals surface area contributed by atoms with E-state index in [1.165, 1.54) is 18.2 Å². The number of benzene rings is 1. The summed E-state index contributed by atoms with van der Waals surface area (Å²) in [4.78, 5) is 12.0. The van der Waals surface area contributed by atoms with Gasteiger partial charge in [-0.05, 0) is 40.8 Å². The second kappa shape index (κ2) is 5.66. The number of carbonyl (C=O) groups is 1. The van der Waals surface area contributed by atoms with Gasteiger partial charge in [0.05, 0.1) is 11.9 Å². The van der Waals surface area contributed by atoms with Gasteiger partial charge >= 0.3 is 0 Å². The quantitative estimate of drug-likeness (QED) is 0.805. The number of nitrogens with two attached hydrogens (primary N) is 1. The number of amides is 1. The SMILES string of the molecule is Cn1cc(C(N)C(=O)Nc2ccc(F)cc2I)cn1. The number of nitrogens with one attached hydrogen (secondary N) is 1. The van der Waals surface area contributed by atoms with Crippen molar-refractivity contribution in [3.63, 3.8) is 0 Å². The maximum Gasteiger partial charge on any atom is 0.246 e. The van der Waals surface area contributed by atoms with Crippen molar-refractivity contribution >= 4 is 34.2 Å². The molecule has 1 atom stereocenters. The third-order valence-electron chi connectivity index (χ3n) is 2.56. The largest absolute Gasteiger partial charge is 0.323 e. The lowest BCUT2D eigenvalue weighted by atomic mass is 10.1. The first kappa shape index (κ1) is 13.9. The van der Waals surface area contributed by atoms with Crippen LogP contribution in [0.25, 0.3) is 0 Å². The smallest absolute Gasteiger partial charge is 0.246 e. The average Bonchev–Trinajstić information content (AvgIpc) is 2.78. The lowest BCUT2D eigenvalue weighted by molar-refractivity contribution is -0.117. The fourth-order valence-electron chi connectivity index (χ4n) is 1.55. The third-order valence-corrected chi connectivity index (χ3v) is 3.45. The third kappa shape index (κ3) is 3.29. The van der Waals surface area contributed by atoms with Gasteiger partial charge in [-0.15, -0.1) is 0 Å². The highest BCUT2D eigenvalue weighted by Gasteiger charge is 2.18. The lowest BCUT2D eigenvalue weighted by Crippen LogP contribution is -2.27. The average molecular weight is 374 g/mol. The maximum atomic E-state index is 13.0. The van der Waals surface area contributed by atoms with E-state index in [0.717, 1.165) is 0 Å². The number of aryl methyl sites for hydroxylation is 1. The monoisotopic (exact) mass is 374 g/mol. The van der Waals surface area contributed by atoms with Gasteiger partial charge < -0.3 is 11.1 Å². The van der Waals surface area contributed by atoms with Crippen molar-refractivity contribution in [1.82, 2.24) is 9.78 Å². The topological polar surface area (TPSA) is 72.9 Å². The zero-order valence-corrected chi connectivity index (χ0v) is 12.3. The molecule has 1 aromatic heterocycles. The van der Waals surface area contributed by atoms with Gasteiger partial charge in [-0.1, -0.05) is 0 Å². The number of carbonyl (C=O) groups excluding carboxylic acids is 1. The molecule has 2 aromatic rings. The van der Waals surface area contributed by atoms with Gasteiger partial charge in [0.15, 0.2) is 0 Å². The number of anilines is 1. The molecule has 0 aliphatic heterocycles. The van der Waals surface area contributed by atoms with Gasteiger partial charge in [-0.2, -0.15) is 5.10 Å². The van der Waals surface area contributed by atoms with Gasteiger partial charge in [0, 0.05) is 22.4 Å². The molecule has 0 radical (unpaired) electrons. The van der Waals surface area contributed by atoms with Crippen molar-refractivity contribution in [2.24, 2.45) is 12.8 Å². The second-order valence-electron chi connectivity index (χ2n) is 4.04. The summed E-state index contributed by atoms with van der Waals surface area (Å²) < 4.78 is 15.1. The minimum absolute atomic E-state index is 0.348. The Morgan fingerprint density at radius 2 is 2.32 bits per heavy atom. The van der Waals surface area contributed by atoms with E-state index in [9.17, 15) is 9.18 Å². The molecule has 2 rings (SSSR count). The minimum Gasteiger partial charge on any atom is -0.323 e. The Hall–Kier alpha value is -1.48. The van der Waals surface area contributed by atoms with Crippen LogP contribution in [0.1, 0.15) is 11.6 Å². The summed E-state index contributed by atoms with van der Waals surface area (Å²) in [7, 11) is 1.75. The van der Waals surface area contributed by atoms with Gasteiger partial charge in [0.1, 0.15) is 11.9 Å². The Kier molecular flexibility index (Phi) is 4.15. The second-order valence-corrected chi connectivity index (χ2v) is 5.20. The van der Waals surface area contributed by atoms with Crippen LogP contribution in [0.4, 0.5) is 10.1 Å². The van der Waals surface area contributed by atoms with E-state index in [2.05, 4.69) is 10.4 Å². The van der Waals surface area contributed by atoms with E-state index < -0.39 is 6.04 Å². The molecule has 1 heterocycles. The van der Waals surface area contributed by atoms with Gasteiger partial charge in [0.25, 0.3) is 0 Å². The summed E-state index contributed by atoms with van der Waals surface area (Å²) in [6.07, 6.45) is 3.22. The van der Waals surface area contributed by atoms with E-state index >= 15 is 0 Å². The molecular formula is C12H12FIN4O. The molecule has 0 fully saturated rings. The van der Waals surface area contributed by atoms with E-state index in [-0.39, 0.29) is 11.7 Å². The van der Waals surface area contributed by atoms with Crippen molar-refractivity contribution in [1.29, 1.82) is 0 Å². The van der Waals surface area contributed by atoms with E-state index in [0.29, 0.717) is 14.8 Å². The Labute approximate surface area is 123 Å². The summed E-state index contributed by atoms with van der Waals surface area (Å²) in [5, 5.41) is 6.63. The molecule has 100 valence electrons. The fraction of sp³-hybridized carbons (Fsp3) is 0.167. The number of halogens is 2. The number of hydrogen-bond acceptors (Lipinski definition) is 3. The highest BCUT2D eigenvalue weighted by Crippen LogP contribution is 2.20. The first-order chi connectivity index (χ1) is 8.97. The molecule has 0 saturated heterocycles. The van der Waals surface area contributed by atoms with Gasteiger partial charge in [-0.3, -0.25) is 9.48 Å². The highest BCUT2D eigenvalue weighted by molar-refractivity contribution is 14.1. The van der Waals surface area contributed by atoms with Crippen molar-refractivity contribution in [2.45, 2.75) is 6.04 Å². The number of rotatable bonds is 3. The number of nitrogens with zero attached hydrogens (tertiary/aromatic N) is 2. The van der Waals surface area contributed by atoms with Crippen molar-refractivity contribution in [3.8, 4) is 0 Å². The summed E-state index contributed by atoms with van der Waals surface area (Å²) in [5.41, 5.74) is 6.99. The van der Waals surface area contributed by atoms with Crippen LogP contribution in [0.5, 0.6) is 0 Å². The van der Waals surface area contributed by atoms with Crippen LogP contribution in [0.3, 0.4) is 0 Å². The Balaban J connectivity index is 2.12. The highest BCUT2D eigenvalue weighted by atomic mass is 127. The summed E-state index contributed by atoms with van der Waals surface area (Å²) in [5.74, 6) is -0.712. The number of aromatic nitrogens is 2. The van der Waals surface area contributed by atoms with Crippen LogP contribution in [0.15, 0.2) is 30.6 Å². The molecule has 3 N–H and O–H groups in total. The minimum atomic E-state index is -0.811. The van der Waals surface area contributed by atoms with Gasteiger partial charge in [-0.25, -0.2) is 4.39 Å². The zero-order valence-electron chi connectivity index (χ0n) is 10.1. The predicted molar refractivity (Wildman–Crippen MR) is 77.9 cm³/mol. The summed E-state index contributed by atoms with van der Waals surface area (Å²) in [6, 6.07) is 3.32. The molecule has 19 heavy (non-hydrogen) atoms. The molecule has 1 amide bonds. The van der Waals surface area contributed by atoms with Crippen molar-refractivity contribution in [2.75, 3.05) is 5.32 Å². The first-order valence-corrected chi connectivity index (χ1v) is 6.55. The molecular weight excluding hydrogens is 362 g/mol. The standard InChI is InChI=1S/C12H12FIN4O/c1-18-6-7(5-16-18)11(15)12(19)17-10-3-2-8(13)4-9(10)14/h2-6,11H,15H2,1H3,(H,17,19). The summed E-state index contributed by atoms with van der Waals surface area (Å²) >= 11 is 1.95. The maximum absolute atomic E-state index is 13.0. The first-order valence-electron chi connectivity index (χ1n) is 5.47. The molecule has 0 spiro atoms. The van der Waals surface area contributed by atoms with E-state index in [1.807, 2.05) is 22.6 Å². The van der Waals surface area contributed by atoms with Crippen LogP contribution in [-0.4, -0.2) is 15.7 Å². The molecule has 0 aliphatic rings. The zero-order chi connectivity index (χ0) is 14.0. The molecule has 0 bridgehead atoms. The van der Waals surface area contributed by atoms with Crippen molar-refractivity contribution < 1.29 is 9.18 Å². The summed E-state index contributed by atoms with van der Waals surface area (Å²) in [6.45, 7) is 0. The molecule has 7 heteroatoms. The molecule has 5 nitrogen and oxygen atoms in total. The molecule has 0 aliphatic carbocycles. The Morgan fingerprint density at radius 3 is 2.89 bits per heavy atom. The molecule has 1 aromatic carbocycles. The van der Waals surface area contributed by atoms with Crippen LogP contribution in [0.2, 0.25) is 0 Å². The van der Waals surface area contributed by atoms with Gasteiger partial charge in [0.2, 0.25) is 5.91 Å². The Morgan fingerprint density at radius 1 is 1.58 bits per heavy atom. The lowest BCUT2D eigenvalue weighted by Gasteiger charge is -2.11. The van der Waals surface area contributed by atoms with E-state index in [4.69, 9.17) is 5.73 Å². The number of hydrogen-bond donors (Lipinski definition) is 2. The van der Waals surface area contributed by atoms with Crippen LogP contribution >= 0.6 is 22.6 Å². The van der Waals surface area contributed by atoms with Crippen molar-refractivity contribution in [3.05, 3.63) is 45.5 Å². The van der Waals surface area contributed by atoms with E-state index in [1.54, 1.807) is 24.1 Å². The van der Waals surface area contributed by atoms with Crippen LogP contribution in [0, 0.1) is 9.39 Å². The fourth-order valence-corrected chi connectivity index (χ4v) is 2.17. The van der Waals surface area contributed by atoms with Crippen LogP contribution in [-0.2, 0) is 11.8 Å². The normalized spacial score (nSPS) is 12.2. The van der Waals surface area contributed by atoms with Crippen LogP contribution < -0.4 is 11.1 Å². The predicted octanol–water partition coefficient (Wildman–Crippen LogP) is 1.80. The Bertz CT molecular complexity index is 614. The molecule has 0 saturated carbocycles. The molecule has 1 unspecified atom stereocenters.